The van der Waals surface area contributed by atoms with Crippen LogP contribution in [0.1, 0.15) is 20.7 Å². The van der Waals surface area contributed by atoms with Gasteiger partial charge in [-0.25, -0.2) is 0 Å². The van der Waals surface area contributed by atoms with Crippen LogP contribution in [0.25, 0.3) is 0 Å². The van der Waals surface area contributed by atoms with Crippen molar-refractivity contribution in [2.24, 2.45) is 0 Å². The zero-order valence-corrected chi connectivity index (χ0v) is 18.5. The van der Waals surface area contributed by atoms with Crippen LogP contribution in [0.2, 0.25) is 0 Å². The molecule has 30 heavy (non-hydrogen) atoms. The van der Waals surface area contributed by atoms with Gasteiger partial charge in [-0.05, 0) is 0 Å². The molecule has 2 rings (SSSR count). The number of hydrogen-bond donors (Lipinski definition) is 0. The van der Waals surface area contributed by atoms with Crippen molar-refractivity contribution < 1.29 is 42.6 Å². The minimum absolute atomic E-state index is 0.0658. The number of rotatable bonds is 10. The molecule has 0 heterocycles. The van der Waals surface area contributed by atoms with Crippen LogP contribution in [0, 0.1) is 0 Å². The van der Waals surface area contributed by atoms with Crippen LogP contribution in [-0.4, -0.2) is 53.7 Å². The van der Waals surface area contributed by atoms with Crippen molar-refractivity contribution in [1.29, 1.82) is 0 Å². The quantitative estimate of drug-likeness (QED) is 0.517. The third kappa shape index (κ3) is 4.36. The van der Waals surface area contributed by atoms with Crippen LogP contribution in [0.4, 0.5) is 0 Å². The molecule has 0 saturated heterocycles. The summed E-state index contributed by atoms with van der Waals surface area (Å²) in [5, 5.41) is 0. The van der Waals surface area contributed by atoms with Crippen molar-refractivity contribution in [3.63, 3.8) is 0 Å². The molecule has 0 amide bonds. The van der Waals surface area contributed by atoms with Gasteiger partial charge in [0.15, 0.2) is 0 Å². The fraction of sp³-hybridized carbons (Fsp3) is 0.300. The van der Waals surface area contributed by atoms with E-state index in [0.717, 1.165) is 0 Å². The Kier molecular flexibility index (Phi) is 7.72. The van der Waals surface area contributed by atoms with Gasteiger partial charge >= 0.3 is 0 Å². The molecule has 0 aromatic heterocycles. The molecule has 0 spiro atoms. The lowest BCUT2D eigenvalue weighted by atomic mass is 10.1. The van der Waals surface area contributed by atoms with Crippen molar-refractivity contribution in [2.45, 2.75) is 0 Å². The standard InChI is InChI=1S/C20H23O9P/c1-24-11-7-13(26-3)17(14(8-11)27-4)19(21)30(23)20(22)18-15(28-5)9-12(25-2)10-16(18)29-6/h7-10,30H,1-6H3. The Morgan fingerprint density at radius 3 is 1.03 bits per heavy atom. The average molecular weight is 438 g/mol. The van der Waals surface area contributed by atoms with Gasteiger partial charge in [0, 0.05) is 24.3 Å². The summed E-state index contributed by atoms with van der Waals surface area (Å²) in [6.07, 6.45) is 0. The summed E-state index contributed by atoms with van der Waals surface area (Å²) in [6.45, 7) is 0. The van der Waals surface area contributed by atoms with Gasteiger partial charge in [0.1, 0.15) is 45.6 Å². The molecule has 0 radical (unpaired) electrons. The molecule has 0 atom stereocenters. The second kappa shape index (κ2) is 10.0. The van der Waals surface area contributed by atoms with Crippen LogP contribution in [-0.2, 0) is 4.57 Å². The molecule has 0 N–H and O–H groups in total. The highest BCUT2D eigenvalue weighted by Crippen LogP contribution is 2.45. The lowest BCUT2D eigenvalue weighted by Gasteiger charge is -2.16. The third-order valence-electron chi connectivity index (χ3n) is 4.30. The molecule has 0 bridgehead atoms. The van der Waals surface area contributed by atoms with Crippen molar-refractivity contribution in [3.8, 4) is 34.5 Å². The van der Waals surface area contributed by atoms with E-state index in [9.17, 15) is 14.2 Å². The van der Waals surface area contributed by atoms with Gasteiger partial charge in [-0.2, -0.15) is 0 Å². The predicted octanol–water partition coefficient (Wildman–Crippen LogP) is 3.28. The minimum atomic E-state index is -3.55. The highest BCUT2D eigenvalue weighted by Gasteiger charge is 2.33. The van der Waals surface area contributed by atoms with Gasteiger partial charge < -0.3 is 33.0 Å². The second-order valence-electron chi connectivity index (χ2n) is 5.80. The predicted molar refractivity (Wildman–Crippen MR) is 110 cm³/mol. The molecule has 0 aliphatic heterocycles. The number of benzene rings is 2. The Morgan fingerprint density at radius 1 is 0.567 bits per heavy atom. The van der Waals surface area contributed by atoms with Crippen LogP contribution in [0.5, 0.6) is 34.5 Å². The molecule has 0 unspecified atom stereocenters. The number of carbonyl (C=O) groups is 2. The molecule has 2 aromatic carbocycles. The van der Waals surface area contributed by atoms with E-state index in [-0.39, 0.29) is 34.1 Å². The molecule has 2 aromatic rings. The number of ether oxygens (including phenoxy) is 6. The monoisotopic (exact) mass is 438 g/mol. The fourth-order valence-corrected chi connectivity index (χ4v) is 3.94. The second-order valence-corrected chi connectivity index (χ2v) is 7.37. The molecule has 0 aliphatic carbocycles. The first kappa shape index (κ1) is 23.1. The maximum atomic E-state index is 13.0. The first-order valence-corrected chi connectivity index (χ1v) is 10.0. The van der Waals surface area contributed by atoms with Crippen LogP contribution in [0.3, 0.4) is 0 Å². The van der Waals surface area contributed by atoms with E-state index in [4.69, 9.17) is 28.4 Å². The zero-order chi connectivity index (χ0) is 22.4. The van der Waals surface area contributed by atoms with E-state index in [1.807, 2.05) is 0 Å². The van der Waals surface area contributed by atoms with E-state index < -0.39 is 18.8 Å². The fourth-order valence-electron chi connectivity index (χ4n) is 2.79. The minimum Gasteiger partial charge on any atom is -0.496 e. The van der Waals surface area contributed by atoms with Crippen molar-refractivity contribution in [2.75, 3.05) is 42.7 Å². The highest BCUT2D eigenvalue weighted by atomic mass is 31.1. The number of carbonyl (C=O) groups excluding carboxylic acids is 2. The lowest BCUT2D eigenvalue weighted by molar-refractivity contribution is 0.104. The lowest BCUT2D eigenvalue weighted by Crippen LogP contribution is -2.08. The van der Waals surface area contributed by atoms with E-state index >= 15 is 0 Å². The van der Waals surface area contributed by atoms with Gasteiger partial charge in [0.25, 0.3) is 0 Å². The molecule has 9 nitrogen and oxygen atoms in total. The molecular weight excluding hydrogens is 415 g/mol. The first-order valence-electron chi connectivity index (χ1n) is 8.60. The topological polar surface area (TPSA) is 107 Å². The maximum Gasteiger partial charge on any atom is 0.233 e. The van der Waals surface area contributed by atoms with Gasteiger partial charge in [0.05, 0.1) is 42.7 Å². The highest BCUT2D eigenvalue weighted by molar-refractivity contribution is 7.80. The van der Waals surface area contributed by atoms with Crippen molar-refractivity contribution in [3.05, 3.63) is 35.4 Å². The summed E-state index contributed by atoms with van der Waals surface area (Å²) in [6, 6.07) is 5.74. The molecule has 162 valence electrons. The molecule has 0 aliphatic rings. The SMILES string of the molecule is COc1cc(OC)c(C(=O)[PH](=O)C(=O)c2c(OC)cc(OC)cc2OC)c(OC)c1. The number of methoxy groups -OCH3 is 6. The average Bonchev–Trinajstić information content (AvgIpc) is 2.80. The smallest absolute Gasteiger partial charge is 0.233 e. The number of hydrogen-bond acceptors (Lipinski definition) is 9. The van der Waals surface area contributed by atoms with Crippen LogP contribution >= 0.6 is 7.80 Å². The van der Waals surface area contributed by atoms with Crippen molar-refractivity contribution in [1.82, 2.24) is 0 Å². The Labute approximate surface area is 174 Å². The van der Waals surface area contributed by atoms with E-state index in [1.54, 1.807) is 0 Å². The van der Waals surface area contributed by atoms with Crippen LogP contribution in [0.15, 0.2) is 24.3 Å². The Balaban J connectivity index is 2.57. The molecule has 0 saturated carbocycles. The van der Waals surface area contributed by atoms with Gasteiger partial charge in [-0.15, -0.1) is 0 Å². The largest absolute Gasteiger partial charge is 0.496 e. The van der Waals surface area contributed by atoms with E-state index in [2.05, 4.69) is 0 Å². The van der Waals surface area contributed by atoms with Gasteiger partial charge in [0.2, 0.25) is 18.8 Å². The maximum absolute atomic E-state index is 13.0. The van der Waals surface area contributed by atoms with Gasteiger partial charge in [-0.1, -0.05) is 0 Å². The molecule has 10 heteroatoms. The first-order chi connectivity index (χ1) is 14.4. The third-order valence-corrected chi connectivity index (χ3v) is 5.62. The Morgan fingerprint density at radius 2 is 0.833 bits per heavy atom. The molecule has 0 fully saturated rings. The summed E-state index contributed by atoms with van der Waals surface area (Å²) >= 11 is 0. The Hall–Kier alpha value is -3.19. The van der Waals surface area contributed by atoms with E-state index in [1.165, 1.54) is 66.9 Å². The van der Waals surface area contributed by atoms with Crippen LogP contribution < -0.4 is 28.4 Å². The summed E-state index contributed by atoms with van der Waals surface area (Å²) in [4.78, 5) is 26.1. The van der Waals surface area contributed by atoms with Crippen molar-refractivity contribution >= 4 is 18.8 Å². The summed E-state index contributed by atoms with van der Waals surface area (Å²) in [7, 11) is 4.66. The molecular formula is C20H23O9P. The summed E-state index contributed by atoms with van der Waals surface area (Å²) in [5.74, 6) is 0.994. The summed E-state index contributed by atoms with van der Waals surface area (Å²) < 4.78 is 44.2. The zero-order valence-electron chi connectivity index (χ0n) is 17.5. The normalized spacial score (nSPS) is 10.4. The van der Waals surface area contributed by atoms with E-state index in [0.29, 0.717) is 11.5 Å². The Bertz CT molecular complexity index is 857. The summed E-state index contributed by atoms with van der Waals surface area (Å²) in [5.41, 5.74) is -2.10. The van der Waals surface area contributed by atoms with Gasteiger partial charge in [-0.3, -0.25) is 9.59 Å².